The molecule has 25 heavy (non-hydrogen) atoms. The van der Waals surface area contributed by atoms with Crippen molar-refractivity contribution in [2.24, 2.45) is 5.92 Å². The molecule has 1 N–H and O–H groups in total. The highest BCUT2D eigenvalue weighted by molar-refractivity contribution is 5.95. The number of amides is 1. The Balaban J connectivity index is 1.90. The van der Waals surface area contributed by atoms with Crippen molar-refractivity contribution in [1.82, 2.24) is 15.1 Å². The molecule has 6 nitrogen and oxygen atoms in total. The van der Waals surface area contributed by atoms with Crippen LogP contribution in [0.1, 0.15) is 62.6 Å². The van der Waals surface area contributed by atoms with Crippen molar-refractivity contribution < 1.29 is 9.32 Å². The lowest BCUT2D eigenvalue weighted by atomic mass is 9.88. The summed E-state index contributed by atoms with van der Waals surface area (Å²) in [6.45, 7) is 5.97. The van der Waals surface area contributed by atoms with Crippen molar-refractivity contribution in [3.63, 3.8) is 0 Å². The minimum Gasteiger partial charge on any atom is -0.339 e. The van der Waals surface area contributed by atoms with Crippen LogP contribution in [-0.2, 0) is 11.2 Å². The molecule has 2 aromatic rings. The molecule has 2 aromatic heterocycles. The molecule has 0 bridgehead atoms. The van der Waals surface area contributed by atoms with Gasteiger partial charge in [-0.25, -0.2) is 4.98 Å². The van der Waals surface area contributed by atoms with E-state index in [4.69, 9.17) is 4.52 Å². The van der Waals surface area contributed by atoms with Gasteiger partial charge in [0, 0.05) is 18.0 Å². The highest BCUT2D eigenvalue weighted by atomic mass is 16.5. The summed E-state index contributed by atoms with van der Waals surface area (Å²) in [5.41, 5.74) is 2.59. The predicted molar refractivity (Wildman–Crippen MR) is 96.2 cm³/mol. The second kappa shape index (κ2) is 7.76. The smallest absolute Gasteiger partial charge is 0.228 e. The first kappa shape index (κ1) is 17.6. The summed E-state index contributed by atoms with van der Waals surface area (Å²) >= 11 is 0. The Hall–Kier alpha value is -2.24. The van der Waals surface area contributed by atoms with Gasteiger partial charge in [-0.15, -0.1) is 0 Å². The largest absolute Gasteiger partial charge is 0.339 e. The van der Waals surface area contributed by atoms with Gasteiger partial charge in [0.05, 0.1) is 5.56 Å². The molecule has 0 unspecified atom stereocenters. The van der Waals surface area contributed by atoms with Crippen molar-refractivity contribution in [1.29, 1.82) is 0 Å². The molecule has 1 aliphatic rings. The summed E-state index contributed by atoms with van der Waals surface area (Å²) in [5, 5.41) is 7.13. The van der Waals surface area contributed by atoms with Crippen LogP contribution in [0.15, 0.2) is 10.6 Å². The van der Waals surface area contributed by atoms with E-state index in [1.807, 2.05) is 19.9 Å². The molecule has 0 aromatic carbocycles. The number of carbonyl (C=O) groups is 1. The van der Waals surface area contributed by atoms with Crippen LogP contribution in [0.25, 0.3) is 11.4 Å². The summed E-state index contributed by atoms with van der Waals surface area (Å²) in [7, 11) is 0. The zero-order valence-corrected chi connectivity index (χ0v) is 15.3. The molecule has 0 saturated heterocycles. The second-order valence-electron chi connectivity index (χ2n) is 6.89. The minimum atomic E-state index is 0.0516. The number of nitrogens with one attached hydrogen (secondary N) is 1. The molecule has 134 valence electrons. The molecular formula is C19H26N4O2. The van der Waals surface area contributed by atoms with Crippen LogP contribution in [-0.4, -0.2) is 21.0 Å². The lowest BCUT2D eigenvalue weighted by Gasteiger charge is -2.21. The lowest BCUT2D eigenvalue weighted by Crippen LogP contribution is -2.25. The Morgan fingerprint density at radius 2 is 2.00 bits per heavy atom. The minimum absolute atomic E-state index is 0.0516. The topological polar surface area (TPSA) is 80.9 Å². The van der Waals surface area contributed by atoms with Gasteiger partial charge >= 0.3 is 0 Å². The Labute approximate surface area is 148 Å². The van der Waals surface area contributed by atoms with Gasteiger partial charge < -0.3 is 9.84 Å². The molecule has 1 fully saturated rings. The Morgan fingerprint density at radius 1 is 1.24 bits per heavy atom. The monoisotopic (exact) mass is 342 g/mol. The molecule has 0 atom stereocenters. The first-order chi connectivity index (χ1) is 12.1. The molecule has 0 spiro atoms. The zero-order valence-electron chi connectivity index (χ0n) is 15.3. The molecule has 0 aliphatic heterocycles. The van der Waals surface area contributed by atoms with Gasteiger partial charge in [-0.2, -0.15) is 4.98 Å². The number of nitrogens with zero attached hydrogens (tertiary/aromatic N) is 3. The number of carbonyl (C=O) groups excluding carboxylic acids is 1. The Bertz CT molecular complexity index is 748. The first-order valence-electron chi connectivity index (χ1n) is 9.20. The van der Waals surface area contributed by atoms with Crippen LogP contribution in [0.5, 0.6) is 0 Å². The van der Waals surface area contributed by atoms with Crippen LogP contribution in [0.4, 0.5) is 5.82 Å². The van der Waals surface area contributed by atoms with E-state index in [9.17, 15) is 4.79 Å². The van der Waals surface area contributed by atoms with Gasteiger partial charge in [-0.1, -0.05) is 31.3 Å². The molecule has 6 heteroatoms. The fourth-order valence-corrected chi connectivity index (χ4v) is 3.46. The number of anilines is 1. The van der Waals surface area contributed by atoms with Crippen molar-refractivity contribution >= 4 is 11.7 Å². The highest BCUT2D eigenvalue weighted by Crippen LogP contribution is 2.31. The van der Waals surface area contributed by atoms with Gasteiger partial charge in [0.1, 0.15) is 5.82 Å². The van der Waals surface area contributed by atoms with Crippen LogP contribution in [0, 0.1) is 19.8 Å². The summed E-state index contributed by atoms with van der Waals surface area (Å²) < 4.78 is 5.32. The van der Waals surface area contributed by atoms with Crippen LogP contribution in [0.3, 0.4) is 0 Å². The number of hydrogen-bond acceptors (Lipinski definition) is 5. The zero-order chi connectivity index (χ0) is 17.8. The van der Waals surface area contributed by atoms with Crippen molar-refractivity contribution in [3.8, 4) is 11.4 Å². The second-order valence-corrected chi connectivity index (χ2v) is 6.89. The highest BCUT2D eigenvalue weighted by Gasteiger charge is 2.24. The quantitative estimate of drug-likeness (QED) is 0.880. The van der Waals surface area contributed by atoms with Gasteiger partial charge in [0.15, 0.2) is 0 Å². The maximum absolute atomic E-state index is 12.7. The first-order valence-corrected chi connectivity index (χ1v) is 9.20. The summed E-state index contributed by atoms with van der Waals surface area (Å²) in [6.07, 6.45) is 7.06. The van der Waals surface area contributed by atoms with E-state index in [-0.39, 0.29) is 11.8 Å². The molecule has 1 amide bonds. The van der Waals surface area contributed by atoms with Crippen molar-refractivity contribution in [2.45, 2.75) is 65.7 Å². The van der Waals surface area contributed by atoms with Gasteiger partial charge in [0.2, 0.25) is 17.6 Å². The molecule has 0 radical (unpaired) electrons. The SMILES string of the molecule is CCCc1nc(-c2c(C)cc(C)nc2NC(=O)C2CCCCC2)no1. The van der Waals surface area contributed by atoms with E-state index < -0.39 is 0 Å². The third kappa shape index (κ3) is 4.06. The van der Waals surface area contributed by atoms with Crippen molar-refractivity contribution in [3.05, 3.63) is 23.2 Å². The Morgan fingerprint density at radius 3 is 2.72 bits per heavy atom. The fraction of sp³-hybridized carbons (Fsp3) is 0.579. The Kier molecular flexibility index (Phi) is 5.46. The maximum Gasteiger partial charge on any atom is 0.228 e. The average molecular weight is 342 g/mol. The fourth-order valence-electron chi connectivity index (χ4n) is 3.46. The average Bonchev–Trinajstić information content (AvgIpc) is 3.03. The molecular weight excluding hydrogens is 316 g/mol. The lowest BCUT2D eigenvalue weighted by molar-refractivity contribution is -0.120. The molecule has 3 rings (SSSR count). The maximum atomic E-state index is 12.7. The van der Waals surface area contributed by atoms with Gasteiger partial charge in [-0.05, 0) is 44.7 Å². The van der Waals surface area contributed by atoms with Gasteiger partial charge in [0.25, 0.3) is 0 Å². The van der Waals surface area contributed by atoms with Crippen molar-refractivity contribution in [2.75, 3.05) is 5.32 Å². The molecule has 2 heterocycles. The van der Waals surface area contributed by atoms with Crippen LogP contribution in [0.2, 0.25) is 0 Å². The summed E-state index contributed by atoms with van der Waals surface area (Å²) in [6, 6.07) is 1.97. The van der Waals surface area contributed by atoms with E-state index in [0.717, 1.165) is 55.3 Å². The van der Waals surface area contributed by atoms with E-state index >= 15 is 0 Å². The van der Waals surface area contributed by atoms with Gasteiger partial charge in [-0.3, -0.25) is 4.79 Å². The number of aryl methyl sites for hydroxylation is 3. The summed E-state index contributed by atoms with van der Waals surface area (Å²) in [5.74, 6) is 1.77. The third-order valence-electron chi connectivity index (χ3n) is 4.72. The van der Waals surface area contributed by atoms with E-state index in [0.29, 0.717) is 17.5 Å². The number of pyridine rings is 1. The standard InChI is InChI=1S/C19H26N4O2/c1-4-8-15-21-18(23-25-15)16-12(2)11-13(3)20-17(16)22-19(24)14-9-6-5-7-10-14/h11,14H,4-10H2,1-3H3,(H,20,22,24). The third-order valence-corrected chi connectivity index (χ3v) is 4.72. The van der Waals surface area contributed by atoms with E-state index in [1.165, 1.54) is 6.42 Å². The predicted octanol–water partition coefficient (Wildman–Crippen LogP) is 4.22. The van der Waals surface area contributed by atoms with E-state index in [1.54, 1.807) is 0 Å². The molecule has 1 aliphatic carbocycles. The summed E-state index contributed by atoms with van der Waals surface area (Å²) in [4.78, 5) is 21.7. The number of hydrogen-bond donors (Lipinski definition) is 1. The van der Waals surface area contributed by atoms with Crippen LogP contribution < -0.4 is 5.32 Å². The van der Waals surface area contributed by atoms with Crippen LogP contribution >= 0.6 is 0 Å². The normalized spacial score (nSPS) is 15.3. The number of rotatable bonds is 5. The number of aromatic nitrogens is 3. The molecule has 1 saturated carbocycles. The van der Waals surface area contributed by atoms with E-state index in [2.05, 4.69) is 27.4 Å².